The number of hydrogen-bond donors (Lipinski definition) is 0. The molecule has 0 aliphatic rings. The first kappa shape index (κ1) is 10.7. The molecule has 2 heteroatoms. The van der Waals surface area contributed by atoms with Gasteiger partial charge >= 0.3 is 0 Å². The zero-order valence-corrected chi connectivity index (χ0v) is 10.9. The summed E-state index contributed by atoms with van der Waals surface area (Å²) in [5, 5.41) is 0. The molecule has 2 rings (SSSR count). The zero-order valence-electron chi connectivity index (χ0n) is 10.0. The summed E-state index contributed by atoms with van der Waals surface area (Å²) in [6.45, 7) is 11.3. The van der Waals surface area contributed by atoms with E-state index >= 15 is 0 Å². The molecule has 0 aromatic carbocycles. The van der Waals surface area contributed by atoms with Crippen LogP contribution in [0, 0.1) is 0 Å². The van der Waals surface area contributed by atoms with Gasteiger partial charge < -0.3 is 4.42 Å². The van der Waals surface area contributed by atoms with Crippen molar-refractivity contribution >= 4 is 21.6 Å². The van der Waals surface area contributed by atoms with Gasteiger partial charge in [-0.3, -0.25) is 0 Å². The fourth-order valence-electron chi connectivity index (χ4n) is 1.96. The summed E-state index contributed by atoms with van der Waals surface area (Å²) in [4.78, 5) is 1.47. The van der Waals surface area contributed by atoms with Gasteiger partial charge in [0.2, 0.25) is 0 Å². The zero-order chi connectivity index (χ0) is 11.2. The molecule has 2 aromatic heterocycles. The molecule has 0 aliphatic heterocycles. The molecule has 1 nitrogen and oxygen atoms in total. The van der Waals surface area contributed by atoms with E-state index in [0.29, 0.717) is 5.92 Å². The Morgan fingerprint density at radius 3 is 2.47 bits per heavy atom. The second-order valence-electron chi connectivity index (χ2n) is 5.36. The third kappa shape index (κ3) is 1.71. The van der Waals surface area contributed by atoms with Crippen LogP contribution in [-0.2, 0) is 5.41 Å². The molecule has 0 spiro atoms. The van der Waals surface area contributed by atoms with Crippen LogP contribution >= 0.6 is 11.3 Å². The SMILES string of the molecule is CC(C)c1sc2ccoc2c1C(C)(C)C. The van der Waals surface area contributed by atoms with Crippen molar-refractivity contribution in [1.82, 2.24) is 0 Å². The number of furan rings is 1. The van der Waals surface area contributed by atoms with Gasteiger partial charge in [-0.2, -0.15) is 0 Å². The van der Waals surface area contributed by atoms with Crippen LogP contribution in [0.15, 0.2) is 16.7 Å². The van der Waals surface area contributed by atoms with Crippen molar-refractivity contribution in [3.63, 3.8) is 0 Å². The van der Waals surface area contributed by atoms with Crippen molar-refractivity contribution in [3.8, 4) is 0 Å². The Morgan fingerprint density at radius 2 is 1.93 bits per heavy atom. The molecule has 0 fully saturated rings. The molecule has 0 saturated heterocycles. The van der Waals surface area contributed by atoms with Gasteiger partial charge in [-0.05, 0) is 17.4 Å². The van der Waals surface area contributed by atoms with Crippen molar-refractivity contribution in [2.24, 2.45) is 0 Å². The molecule has 0 amide bonds. The minimum atomic E-state index is 0.162. The molecule has 0 atom stereocenters. The second kappa shape index (κ2) is 3.38. The van der Waals surface area contributed by atoms with Crippen molar-refractivity contribution in [2.45, 2.75) is 46.0 Å². The monoisotopic (exact) mass is 222 g/mol. The van der Waals surface area contributed by atoms with Crippen LogP contribution in [0.4, 0.5) is 0 Å². The van der Waals surface area contributed by atoms with Crippen LogP contribution in [-0.4, -0.2) is 0 Å². The molecule has 0 unspecified atom stereocenters. The molecule has 0 saturated carbocycles. The lowest BCUT2D eigenvalue weighted by Crippen LogP contribution is -2.13. The Balaban J connectivity index is 2.75. The summed E-state index contributed by atoms with van der Waals surface area (Å²) in [6.07, 6.45) is 1.79. The van der Waals surface area contributed by atoms with E-state index in [1.165, 1.54) is 15.1 Å². The van der Waals surface area contributed by atoms with E-state index in [0.717, 1.165) is 5.58 Å². The Kier molecular flexibility index (Phi) is 2.42. The summed E-state index contributed by atoms with van der Waals surface area (Å²) in [5.74, 6) is 0.576. The number of rotatable bonds is 1. The fourth-order valence-corrected chi connectivity index (χ4v) is 3.30. The minimum Gasteiger partial charge on any atom is -0.463 e. The Morgan fingerprint density at radius 1 is 1.27 bits per heavy atom. The van der Waals surface area contributed by atoms with E-state index in [-0.39, 0.29) is 5.41 Å². The number of hydrogen-bond acceptors (Lipinski definition) is 2. The Bertz CT molecular complexity index is 468. The molecular weight excluding hydrogens is 204 g/mol. The van der Waals surface area contributed by atoms with Crippen LogP contribution < -0.4 is 0 Å². The normalized spacial score (nSPS) is 12.9. The van der Waals surface area contributed by atoms with E-state index in [9.17, 15) is 0 Å². The van der Waals surface area contributed by atoms with Gasteiger partial charge in [0, 0.05) is 10.4 Å². The average Bonchev–Trinajstić information content (AvgIpc) is 2.56. The highest BCUT2D eigenvalue weighted by molar-refractivity contribution is 7.19. The van der Waals surface area contributed by atoms with Crippen molar-refractivity contribution in [2.75, 3.05) is 0 Å². The third-order valence-corrected chi connectivity index (χ3v) is 4.03. The minimum absolute atomic E-state index is 0.162. The first-order valence-corrected chi connectivity index (χ1v) is 6.23. The van der Waals surface area contributed by atoms with E-state index in [1.54, 1.807) is 6.26 Å². The molecule has 0 bridgehead atoms. The van der Waals surface area contributed by atoms with Crippen LogP contribution in [0.1, 0.15) is 51.0 Å². The van der Waals surface area contributed by atoms with Gasteiger partial charge in [-0.15, -0.1) is 11.3 Å². The quantitative estimate of drug-likeness (QED) is 0.667. The topological polar surface area (TPSA) is 13.1 Å². The standard InChI is InChI=1S/C13H18OS/c1-8(2)12-10(13(3,4)5)11-9(15-12)6-7-14-11/h6-8H,1-5H3. The van der Waals surface area contributed by atoms with Crippen LogP contribution in [0.5, 0.6) is 0 Å². The van der Waals surface area contributed by atoms with Crippen molar-refractivity contribution < 1.29 is 4.42 Å². The highest BCUT2D eigenvalue weighted by atomic mass is 32.1. The third-order valence-electron chi connectivity index (χ3n) is 2.60. The molecular formula is C13H18OS. The second-order valence-corrected chi connectivity index (χ2v) is 6.44. The maximum absolute atomic E-state index is 5.62. The van der Waals surface area contributed by atoms with Crippen molar-refractivity contribution in [3.05, 3.63) is 22.8 Å². The van der Waals surface area contributed by atoms with Gasteiger partial charge in [0.15, 0.2) is 0 Å². The van der Waals surface area contributed by atoms with E-state index < -0.39 is 0 Å². The molecule has 2 heterocycles. The maximum atomic E-state index is 5.62. The largest absolute Gasteiger partial charge is 0.463 e. The van der Waals surface area contributed by atoms with E-state index in [1.807, 2.05) is 11.3 Å². The molecule has 2 aromatic rings. The predicted octanol–water partition coefficient (Wildman–Crippen LogP) is 4.92. The number of fused-ring (bicyclic) bond motifs is 1. The highest BCUT2D eigenvalue weighted by Crippen LogP contribution is 2.42. The van der Waals surface area contributed by atoms with Crippen LogP contribution in [0.25, 0.3) is 10.3 Å². The smallest absolute Gasteiger partial charge is 0.148 e. The molecule has 15 heavy (non-hydrogen) atoms. The molecule has 0 aliphatic carbocycles. The van der Waals surface area contributed by atoms with Gasteiger partial charge in [-0.1, -0.05) is 34.6 Å². The highest BCUT2D eigenvalue weighted by Gasteiger charge is 2.26. The first-order chi connectivity index (χ1) is 6.91. The summed E-state index contributed by atoms with van der Waals surface area (Å²) in [5.41, 5.74) is 2.65. The average molecular weight is 222 g/mol. The first-order valence-electron chi connectivity index (χ1n) is 5.41. The Hall–Kier alpha value is -0.760. The van der Waals surface area contributed by atoms with Gasteiger partial charge in [0.25, 0.3) is 0 Å². The molecule has 82 valence electrons. The van der Waals surface area contributed by atoms with Gasteiger partial charge in [0.1, 0.15) is 5.58 Å². The lowest BCUT2D eigenvalue weighted by molar-refractivity contribution is 0.553. The lowest BCUT2D eigenvalue weighted by Gasteiger charge is -2.20. The van der Waals surface area contributed by atoms with Gasteiger partial charge in [-0.25, -0.2) is 0 Å². The van der Waals surface area contributed by atoms with Crippen LogP contribution in [0.2, 0.25) is 0 Å². The van der Waals surface area contributed by atoms with E-state index in [2.05, 4.69) is 40.7 Å². The summed E-state index contributed by atoms with van der Waals surface area (Å²) < 4.78 is 6.90. The maximum Gasteiger partial charge on any atom is 0.148 e. The summed E-state index contributed by atoms with van der Waals surface area (Å²) in [6, 6.07) is 2.07. The van der Waals surface area contributed by atoms with Crippen LogP contribution in [0.3, 0.4) is 0 Å². The van der Waals surface area contributed by atoms with E-state index in [4.69, 9.17) is 4.42 Å². The Labute approximate surface area is 95.1 Å². The lowest BCUT2D eigenvalue weighted by atomic mass is 9.85. The summed E-state index contributed by atoms with van der Waals surface area (Å²) >= 11 is 1.87. The van der Waals surface area contributed by atoms with Gasteiger partial charge in [0.05, 0.1) is 11.0 Å². The number of thiophene rings is 1. The molecule has 0 radical (unpaired) electrons. The summed E-state index contributed by atoms with van der Waals surface area (Å²) in [7, 11) is 0. The fraction of sp³-hybridized carbons (Fsp3) is 0.538. The van der Waals surface area contributed by atoms with Crippen molar-refractivity contribution in [1.29, 1.82) is 0 Å². The predicted molar refractivity (Wildman–Crippen MR) is 66.9 cm³/mol. The molecule has 0 N–H and O–H groups in total.